The first kappa shape index (κ1) is 16.5. The lowest BCUT2D eigenvalue weighted by atomic mass is 10.1. The maximum absolute atomic E-state index is 12.4. The number of rotatable bonds is 6. The summed E-state index contributed by atoms with van der Waals surface area (Å²) >= 11 is 1.49. The molecule has 0 radical (unpaired) electrons. The van der Waals surface area contributed by atoms with Crippen LogP contribution >= 0.6 is 11.3 Å². The maximum atomic E-state index is 12.4. The Balaban J connectivity index is 1.72. The SMILES string of the molecule is COc1ccccc1C(CNC(=O)c1cc2ccccc2s1)OC. The molecule has 0 saturated carbocycles. The number of benzene rings is 2. The Labute approximate surface area is 145 Å². The van der Waals surface area contributed by atoms with Gasteiger partial charge in [0.2, 0.25) is 0 Å². The average molecular weight is 341 g/mol. The largest absolute Gasteiger partial charge is 0.496 e. The third-order valence-corrected chi connectivity index (χ3v) is 4.98. The molecule has 1 aromatic heterocycles. The van der Waals surface area contributed by atoms with Crippen molar-refractivity contribution < 1.29 is 14.3 Å². The first-order valence-electron chi connectivity index (χ1n) is 7.65. The number of amides is 1. The van der Waals surface area contributed by atoms with Crippen molar-refractivity contribution in [2.45, 2.75) is 6.10 Å². The minimum atomic E-state index is -0.264. The molecule has 1 N–H and O–H groups in total. The lowest BCUT2D eigenvalue weighted by Gasteiger charge is -2.18. The second-order valence-corrected chi connectivity index (χ2v) is 6.41. The van der Waals surface area contributed by atoms with E-state index >= 15 is 0 Å². The summed E-state index contributed by atoms with van der Waals surface area (Å²) in [5, 5.41) is 4.04. The number of hydrogen-bond acceptors (Lipinski definition) is 4. The molecule has 0 spiro atoms. The molecule has 3 aromatic rings. The van der Waals surface area contributed by atoms with E-state index in [1.54, 1.807) is 14.2 Å². The number of thiophene rings is 1. The second kappa shape index (κ2) is 7.47. The number of hydrogen-bond donors (Lipinski definition) is 1. The fraction of sp³-hybridized carbons (Fsp3) is 0.211. The number of carbonyl (C=O) groups is 1. The zero-order valence-corrected chi connectivity index (χ0v) is 14.4. The number of carbonyl (C=O) groups excluding carboxylic acids is 1. The summed E-state index contributed by atoms with van der Waals surface area (Å²) in [6.07, 6.45) is -0.264. The molecule has 2 aromatic carbocycles. The van der Waals surface area contributed by atoms with Crippen molar-refractivity contribution in [1.29, 1.82) is 0 Å². The summed E-state index contributed by atoms with van der Waals surface area (Å²) in [5.41, 5.74) is 0.916. The lowest BCUT2D eigenvalue weighted by Crippen LogP contribution is -2.28. The van der Waals surface area contributed by atoms with Gasteiger partial charge < -0.3 is 14.8 Å². The Kier molecular flexibility index (Phi) is 5.13. The van der Waals surface area contributed by atoms with Gasteiger partial charge in [0, 0.05) is 23.9 Å². The number of nitrogens with one attached hydrogen (secondary N) is 1. The van der Waals surface area contributed by atoms with Crippen molar-refractivity contribution in [2.24, 2.45) is 0 Å². The first-order chi connectivity index (χ1) is 11.7. The molecule has 5 heteroatoms. The van der Waals surface area contributed by atoms with E-state index in [2.05, 4.69) is 5.32 Å². The summed E-state index contributed by atoms with van der Waals surface area (Å²) in [7, 11) is 3.25. The van der Waals surface area contributed by atoms with Crippen LogP contribution in [0.25, 0.3) is 10.1 Å². The lowest BCUT2D eigenvalue weighted by molar-refractivity contribution is 0.0822. The highest BCUT2D eigenvalue weighted by Crippen LogP contribution is 2.27. The van der Waals surface area contributed by atoms with Crippen molar-refractivity contribution >= 4 is 27.3 Å². The van der Waals surface area contributed by atoms with Gasteiger partial charge in [0.15, 0.2) is 0 Å². The highest BCUT2D eigenvalue weighted by molar-refractivity contribution is 7.20. The van der Waals surface area contributed by atoms with Crippen molar-refractivity contribution in [1.82, 2.24) is 5.32 Å². The van der Waals surface area contributed by atoms with Gasteiger partial charge >= 0.3 is 0 Å². The predicted molar refractivity (Wildman–Crippen MR) is 96.9 cm³/mol. The molecule has 0 aliphatic rings. The highest BCUT2D eigenvalue weighted by Gasteiger charge is 2.17. The van der Waals surface area contributed by atoms with E-state index in [1.165, 1.54) is 11.3 Å². The highest BCUT2D eigenvalue weighted by atomic mass is 32.1. The molecule has 0 saturated heterocycles. The Morgan fingerprint density at radius 1 is 1.12 bits per heavy atom. The Morgan fingerprint density at radius 3 is 2.62 bits per heavy atom. The van der Waals surface area contributed by atoms with Gasteiger partial charge in [0.25, 0.3) is 5.91 Å². The van der Waals surface area contributed by atoms with Crippen LogP contribution in [0.4, 0.5) is 0 Å². The molecule has 1 atom stereocenters. The van der Waals surface area contributed by atoms with E-state index in [-0.39, 0.29) is 12.0 Å². The standard InChI is InChI=1S/C19H19NO3S/c1-22-15-9-5-4-8-14(15)16(23-2)12-20-19(21)18-11-13-7-3-6-10-17(13)24-18/h3-11,16H,12H2,1-2H3,(H,20,21). The van der Waals surface area contributed by atoms with Crippen molar-refractivity contribution in [3.05, 3.63) is 65.0 Å². The molecule has 4 nitrogen and oxygen atoms in total. The van der Waals surface area contributed by atoms with Crippen LogP contribution in [0.15, 0.2) is 54.6 Å². The number of fused-ring (bicyclic) bond motifs is 1. The minimum absolute atomic E-state index is 0.0897. The summed E-state index contributed by atoms with van der Waals surface area (Å²) in [6, 6.07) is 17.6. The molecule has 1 unspecified atom stereocenters. The Hall–Kier alpha value is -2.37. The van der Waals surface area contributed by atoms with Crippen molar-refractivity contribution in [2.75, 3.05) is 20.8 Å². The van der Waals surface area contributed by atoms with E-state index in [1.807, 2.05) is 54.6 Å². The van der Waals surface area contributed by atoms with Gasteiger partial charge in [0.1, 0.15) is 11.9 Å². The van der Waals surface area contributed by atoms with Crippen LogP contribution < -0.4 is 10.1 Å². The van der Waals surface area contributed by atoms with E-state index in [9.17, 15) is 4.79 Å². The third kappa shape index (κ3) is 3.42. The first-order valence-corrected chi connectivity index (χ1v) is 8.47. The summed E-state index contributed by atoms with van der Waals surface area (Å²) in [5.74, 6) is 0.661. The van der Waals surface area contributed by atoms with Gasteiger partial charge in [0.05, 0.1) is 12.0 Å². The fourth-order valence-corrected chi connectivity index (χ4v) is 3.60. The van der Waals surface area contributed by atoms with E-state index in [0.717, 1.165) is 21.4 Å². The van der Waals surface area contributed by atoms with Crippen molar-refractivity contribution in [3.63, 3.8) is 0 Å². The minimum Gasteiger partial charge on any atom is -0.496 e. The second-order valence-electron chi connectivity index (χ2n) is 5.32. The summed E-state index contributed by atoms with van der Waals surface area (Å²) in [6.45, 7) is 0.379. The van der Waals surface area contributed by atoms with Gasteiger partial charge in [-0.05, 0) is 23.6 Å². The van der Waals surface area contributed by atoms with Crippen LogP contribution in [-0.4, -0.2) is 26.7 Å². The monoisotopic (exact) mass is 341 g/mol. The van der Waals surface area contributed by atoms with E-state index in [0.29, 0.717) is 11.4 Å². The molecule has 3 rings (SSSR count). The predicted octanol–water partition coefficient (Wildman–Crippen LogP) is 4.03. The Bertz CT molecular complexity index is 810. The van der Waals surface area contributed by atoms with Crippen LogP contribution in [0.5, 0.6) is 5.75 Å². The number of methoxy groups -OCH3 is 2. The van der Waals surface area contributed by atoms with Crippen LogP contribution in [0.2, 0.25) is 0 Å². The molecule has 1 amide bonds. The zero-order valence-electron chi connectivity index (χ0n) is 13.6. The fourth-order valence-electron chi connectivity index (χ4n) is 2.62. The molecule has 0 bridgehead atoms. The van der Waals surface area contributed by atoms with Crippen LogP contribution in [0, 0.1) is 0 Å². The van der Waals surface area contributed by atoms with Gasteiger partial charge in [-0.25, -0.2) is 0 Å². The van der Waals surface area contributed by atoms with E-state index < -0.39 is 0 Å². The number of ether oxygens (including phenoxy) is 2. The quantitative estimate of drug-likeness (QED) is 0.736. The van der Waals surface area contributed by atoms with Gasteiger partial charge in [-0.3, -0.25) is 4.79 Å². The van der Waals surface area contributed by atoms with Gasteiger partial charge in [-0.15, -0.1) is 11.3 Å². The molecule has 0 aliphatic heterocycles. The maximum Gasteiger partial charge on any atom is 0.261 e. The van der Waals surface area contributed by atoms with Gasteiger partial charge in [-0.1, -0.05) is 36.4 Å². The number of para-hydroxylation sites is 1. The molecule has 124 valence electrons. The Morgan fingerprint density at radius 2 is 1.88 bits per heavy atom. The third-order valence-electron chi connectivity index (χ3n) is 3.87. The molecular formula is C19H19NO3S. The van der Waals surface area contributed by atoms with Crippen molar-refractivity contribution in [3.8, 4) is 5.75 Å². The smallest absolute Gasteiger partial charge is 0.261 e. The normalized spacial score (nSPS) is 12.1. The van der Waals surface area contributed by atoms with Gasteiger partial charge in [-0.2, -0.15) is 0 Å². The topological polar surface area (TPSA) is 47.6 Å². The summed E-state index contributed by atoms with van der Waals surface area (Å²) in [4.78, 5) is 13.1. The van der Waals surface area contributed by atoms with Crippen LogP contribution in [0.3, 0.4) is 0 Å². The van der Waals surface area contributed by atoms with E-state index in [4.69, 9.17) is 9.47 Å². The summed E-state index contributed by atoms with van der Waals surface area (Å²) < 4.78 is 12.0. The zero-order chi connectivity index (χ0) is 16.9. The molecule has 0 fully saturated rings. The van der Waals surface area contributed by atoms with Crippen LogP contribution in [0.1, 0.15) is 21.3 Å². The molecule has 1 heterocycles. The molecule has 24 heavy (non-hydrogen) atoms. The average Bonchev–Trinajstić information content (AvgIpc) is 3.06. The molecule has 0 aliphatic carbocycles. The molecular weight excluding hydrogens is 322 g/mol. The van der Waals surface area contributed by atoms with Crippen LogP contribution in [-0.2, 0) is 4.74 Å².